The third-order valence-electron chi connectivity index (χ3n) is 5.02. The number of halogens is 2. The molecule has 0 saturated heterocycles. The Balaban J connectivity index is 1.51. The third kappa shape index (κ3) is 5.93. The fraction of sp³-hybridized carbons (Fsp3) is 0.0741. The Labute approximate surface area is 210 Å². The SMILES string of the molecule is COc1cc(/C=C(\C#N)c2nc(-c3ccc(F)cc3)cs2)ccc1OCC(=O)c1ccc(Cl)cc1. The summed E-state index contributed by atoms with van der Waals surface area (Å²) in [6, 6.07) is 19.9. The number of ketones is 1. The van der Waals surface area contributed by atoms with Crippen LogP contribution in [0.4, 0.5) is 4.39 Å². The summed E-state index contributed by atoms with van der Waals surface area (Å²) in [6.45, 7) is -0.165. The van der Waals surface area contributed by atoms with Crippen LogP contribution in [-0.4, -0.2) is 24.5 Å². The minimum atomic E-state index is -0.322. The monoisotopic (exact) mass is 504 g/mol. The van der Waals surface area contributed by atoms with Gasteiger partial charge < -0.3 is 9.47 Å². The summed E-state index contributed by atoms with van der Waals surface area (Å²) in [6.07, 6.45) is 1.69. The van der Waals surface area contributed by atoms with Crippen LogP contribution in [-0.2, 0) is 0 Å². The first-order chi connectivity index (χ1) is 17.0. The molecule has 0 amide bonds. The molecule has 0 spiro atoms. The number of hydrogen-bond donors (Lipinski definition) is 0. The fourth-order valence-corrected chi connectivity index (χ4v) is 4.14. The molecule has 4 aromatic rings. The van der Waals surface area contributed by atoms with Gasteiger partial charge in [-0.05, 0) is 72.3 Å². The van der Waals surface area contributed by atoms with Crippen molar-refractivity contribution in [3.05, 3.63) is 99.1 Å². The maximum atomic E-state index is 13.2. The highest BCUT2D eigenvalue weighted by atomic mass is 35.5. The van der Waals surface area contributed by atoms with Crippen molar-refractivity contribution in [1.82, 2.24) is 4.98 Å². The normalized spacial score (nSPS) is 11.1. The van der Waals surface area contributed by atoms with Crippen molar-refractivity contribution in [1.29, 1.82) is 5.26 Å². The zero-order chi connectivity index (χ0) is 24.8. The number of allylic oxidation sites excluding steroid dienone is 1. The lowest BCUT2D eigenvalue weighted by Gasteiger charge is -2.11. The van der Waals surface area contributed by atoms with Gasteiger partial charge in [-0.1, -0.05) is 17.7 Å². The lowest BCUT2D eigenvalue weighted by Crippen LogP contribution is -2.12. The van der Waals surface area contributed by atoms with Gasteiger partial charge in [-0.3, -0.25) is 4.79 Å². The third-order valence-corrected chi connectivity index (χ3v) is 6.15. The van der Waals surface area contributed by atoms with Crippen LogP contribution in [0.1, 0.15) is 20.9 Å². The predicted octanol–water partition coefficient (Wildman–Crippen LogP) is 6.94. The van der Waals surface area contributed by atoms with Gasteiger partial charge in [0, 0.05) is 21.5 Å². The first-order valence-corrected chi connectivity index (χ1v) is 11.7. The van der Waals surface area contributed by atoms with E-state index in [2.05, 4.69) is 11.1 Å². The van der Waals surface area contributed by atoms with E-state index in [1.54, 1.807) is 60.7 Å². The predicted molar refractivity (Wildman–Crippen MR) is 135 cm³/mol. The Morgan fingerprint density at radius 2 is 1.86 bits per heavy atom. The van der Waals surface area contributed by atoms with E-state index in [1.807, 2.05) is 5.38 Å². The van der Waals surface area contributed by atoms with Gasteiger partial charge in [-0.25, -0.2) is 9.37 Å². The van der Waals surface area contributed by atoms with E-state index >= 15 is 0 Å². The molecule has 0 aliphatic heterocycles. The minimum absolute atomic E-state index is 0.165. The molecular formula is C27H18ClFN2O3S. The Morgan fingerprint density at radius 1 is 1.11 bits per heavy atom. The van der Waals surface area contributed by atoms with Crippen molar-refractivity contribution < 1.29 is 18.7 Å². The number of aromatic nitrogens is 1. The lowest BCUT2D eigenvalue weighted by molar-refractivity contribution is 0.0919. The Morgan fingerprint density at radius 3 is 2.54 bits per heavy atom. The number of nitrogens with zero attached hydrogens (tertiary/aromatic N) is 2. The number of ether oxygens (including phenoxy) is 2. The van der Waals surface area contributed by atoms with Gasteiger partial charge in [0.1, 0.15) is 16.9 Å². The van der Waals surface area contributed by atoms with Crippen molar-refractivity contribution in [2.75, 3.05) is 13.7 Å². The average molecular weight is 505 g/mol. The van der Waals surface area contributed by atoms with Gasteiger partial charge in [0.2, 0.25) is 0 Å². The van der Waals surface area contributed by atoms with E-state index in [-0.39, 0.29) is 18.2 Å². The summed E-state index contributed by atoms with van der Waals surface area (Å²) in [5, 5.41) is 12.6. The van der Waals surface area contributed by atoms with Crippen LogP contribution in [0.2, 0.25) is 5.02 Å². The smallest absolute Gasteiger partial charge is 0.200 e. The van der Waals surface area contributed by atoms with Crippen molar-refractivity contribution >= 4 is 40.4 Å². The molecule has 0 N–H and O–H groups in total. The summed E-state index contributed by atoms with van der Waals surface area (Å²) in [4.78, 5) is 16.9. The highest BCUT2D eigenvalue weighted by Crippen LogP contribution is 2.31. The maximum Gasteiger partial charge on any atom is 0.200 e. The first kappa shape index (κ1) is 24.1. The van der Waals surface area contributed by atoms with Gasteiger partial charge in [0.05, 0.1) is 18.4 Å². The largest absolute Gasteiger partial charge is 0.493 e. The minimum Gasteiger partial charge on any atom is -0.493 e. The number of nitriles is 1. The Bertz CT molecular complexity index is 1420. The van der Waals surface area contributed by atoms with Crippen LogP contribution in [0.3, 0.4) is 0 Å². The standard InChI is InChI=1S/C27H18ClFN2O3S/c1-33-26-13-17(2-11-25(26)34-15-24(32)19-3-7-21(28)8-4-19)12-20(14-30)27-31-23(16-35-27)18-5-9-22(29)10-6-18/h2-13,16H,15H2,1H3/b20-12+. The second-order valence-electron chi connectivity index (χ2n) is 7.34. The number of methoxy groups -OCH3 is 1. The summed E-state index contributed by atoms with van der Waals surface area (Å²) in [5.74, 6) is 0.308. The van der Waals surface area contributed by atoms with E-state index in [0.29, 0.717) is 43.9 Å². The molecule has 0 bridgehead atoms. The van der Waals surface area contributed by atoms with E-state index in [4.69, 9.17) is 21.1 Å². The second kappa shape index (κ2) is 11.0. The van der Waals surface area contributed by atoms with Crippen LogP contribution in [0, 0.1) is 17.1 Å². The number of benzene rings is 3. The molecular weight excluding hydrogens is 487 g/mol. The molecule has 1 heterocycles. The summed E-state index contributed by atoms with van der Waals surface area (Å²) in [5.41, 5.74) is 3.00. The molecule has 0 aliphatic rings. The topological polar surface area (TPSA) is 72.2 Å². The van der Waals surface area contributed by atoms with Gasteiger partial charge in [0.25, 0.3) is 0 Å². The number of hydrogen-bond acceptors (Lipinski definition) is 6. The summed E-state index contributed by atoms with van der Waals surface area (Å²) < 4.78 is 24.3. The molecule has 8 heteroatoms. The average Bonchev–Trinajstić information content (AvgIpc) is 3.37. The summed E-state index contributed by atoms with van der Waals surface area (Å²) in [7, 11) is 1.50. The highest BCUT2D eigenvalue weighted by Gasteiger charge is 2.13. The molecule has 0 aliphatic carbocycles. The van der Waals surface area contributed by atoms with Gasteiger partial charge in [0.15, 0.2) is 23.9 Å². The molecule has 5 nitrogen and oxygen atoms in total. The van der Waals surface area contributed by atoms with E-state index in [9.17, 15) is 14.4 Å². The number of rotatable bonds is 8. The molecule has 35 heavy (non-hydrogen) atoms. The molecule has 0 saturated carbocycles. The molecule has 0 fully saturated rings. The molecule has 0 radical (unpaired) electrons. The molecule has 174 valence electrons. The lowest BCUT2D eigenvalue weighted by atomic mass is 10.1. The molecule has 1 aromatic heterocycles. The van der Waals surface area contributed by atoms with E-state index in [0.717, 1.165) is 5.56 Å². The van der Waals surface area contributed by atoms with Gasteiger partial charge in [-0.2, -0.15) is 5.26 Å². The van der Waals surface area contributed by atoms with Crippen LogP contribution >= 0.6 is 22.9 Å². The quantitative estimate of drug-likeness (QED) is 0.192. The molecule has 3 aromatic carbocycles. The van der Waals surface area contributed by atoms with E-state index < -0.39 is 0 Å². The van der Waals surface area contributed by atoms with Gasteiger partial charge in [-0.15, -0.1) is 11.3 Å². The number of thiazole rings is 1. The molecule has 4 rings (SSSR count). The maximum absolute atomic E-state index is 13.2. The van der Waals surface area contributed by atoms with Crippen molar-refractivity contribution in [3.63, 3.8) is 0 Å². The Kier molecular flexibility index (Phi) is 7.56. The van der Waals surface area contributed by atoms with Crippen molar-refractivity contribution in [3.8, 4) is 28.8 Å². The Hall–Kier alpha value is -3.99. The van der Waals surface area contributed by atoms with Crippen LogP contribution in [0.25, 0.3) is 22.9 Å². The zero-order valence-corrected chi connectivity index (χ0v) is 20.1. The second-order valence-corrected chi connectivity index (χ2v) is 8.64. The van der Waals surface area contributed by atoms with Crippen LogP contribution < -0.4 is 9.47 Å². The molecule has 0 atom stereocenters. The van der Waals surface area contributed by atoms with Crippen LogP contribution in [0.5, 0.6) is 11.5 Å². The number of Topliss-reactive ketones (excluding diaryl/α,β-unsaturated/α-hetero) is 1. The zero-order valence-electron chi connectivity index (χ0n) is 18.5. The first-order valence-electron chi connectivity index (χ1n) is 10.4. The highest BCUT2D eigenvalue weighted by molar-refractivity contribution is 7.11. The van der Waals surface area contributed by atoms with Crippen molar-refractivity contribution in [2.24, 2.45) is 0 Å². The van der Waals surface area contributed by atoms with Crippen molar-refractivity contribution in [2.45, 2.75) is 0 Å². The van der Waals surface area contributed by atoms with Gasteiger partial charge >= 0.3 is 0 Å². The number of carbonyl (C=O) groups is 1. The fourth-order valence-electron chi connectivity index (χ4n) is 3.21. The molecule has 0 unspecified atom stereocenters. The summed E-state index contributed by atoms with van der Waals surface area (Å²) >= 11 is 7.19. The van der Waals surface area contributed by atoms with Crippen LogP contribution in [0.15, 0.2) is 72.1 Å². The van der Waals surface area contributed by atoms with E-state index in [1.165, 1.54) is 30.6 Å². The number of carbonyl (C=O) groups excluding carboxylic acids is 1.